The van der Waals surface area contributed by atoms with Gasteiger partial charge in [0, 0.05) is 24.6 Å². The molecule has 102 valence electrons. The third kappa shape index (κ3) is 6.01. The highest BCUT2D eigenvalue weighted by Crippen LogP contribution is 2.16. The van der Waals surface area contributed by atoms with Crippen LogP contribution >= 0.6 is 11.9 Å². The Labute approximate surface area is 115 Å². The number of carbonyl (C=O) groups excluding carboxylic acids is 2. The van der Waals surface area contributed by atoms with Gasteiger partial charge in [0.05, 0.1) is 17.7 Å². The first kappa shape index (κ1) is 15.2. The van der Waals surface area contributed by atoms with E-state index < -0.39 is 17.9 Å². The minimum absolute atomic E-state index is 0.0667. The topological polar surface area (TPSA) is 94.0 Å². The summed E-state index contributed by atoms with van der Waals surface area (Å²) in [6.45, 7) is 3.21. The van der Waals surface area contributed by atoms with Crippen LogP contribution in [-0.4, -0.2) is 23.7 Å². The summed E-state index contributed by atoms with van der Waals surface area (Å²) in [5, 5.41) is 16.9. The maximum absolute atomic E-state index is 10.8. The highest BCUT2D eigenvalue weighted by molar-refractivity contribution is 7.97. The van der Waals surface area contributed by atoms with Gasteiger partial charge >= 0.3 is 0 Å². The zero-order valence-electron chi connectivity index (χ0n) is 10.6. The van der Waals surface area contributed by atoms with Crippen LogP contribution in [0, 0.1) is 6.92 Å². The van der Waals surface area contributed by atoms with Gasteiger partial charge in [-0.05, 0) is 19.1 Å². The summed E-state index contributed by atoms with van der Waals surface area (Å²) < 4.78 is 3.80. The second-order valence-corrected chi connectivity index (χ2v) is 4.64. The predicted molar refractivity (Wildman–Crippen MR) is 70.8 cm³/mol. The van der Waals surface area contributed by atoms with Gasteiger partial charge in [-0.25, -0.2) is 0 Å². The summed E-state index contributed by atoms with van der Waals surface area (Å²) in [5.74, 6) is -1.70. The van der Waals surface area contributed by atoms with E-state index >= 15 is 0 Å². The Balaban J connectivity index is 2.45. The number of aliphatic carboxylic acids is 1. The van der Waals surface area contributed by atoms with E-state index in [1.54, 1.807) is 0 Å². The van der Waals surface area contributed by atoms with Crippen LogP contribution < -0.4 is 10.4 Å². The smallest absolute Gasteiger partial charge is 0.217 e. The van der Waals surface area contributed by atoms with E-state index in [0.29, 0.717) is 5.69 Å². The summed E-state index contributed by atoms with van der Waals surface area (Å²) in [6, 6.07) is 6.35. The van der Waals surface area contributed by atoms with Crippen molar-refractivity contribution in [1.82, 2.24) is 5.32 Å². The molecule has 1 aromatic rings. The number of amides is 1. The van der Waals surface area contributed by atoms with Gasteiger partial charge in [0.25, 0.3) is 0 Å². The minimum Gasteiger partial charge on any atom is -0.548 e. The number of carbonyl (C=O) groups is 2. The Morgan fingerprint density at radius 1 is 1.37 bits per heavy atom. The van der Waals surface area contributed by atoms with Crippen molar-refractivity contribution in [2.45, 2.75) is 19.9 Å². The standard InChI is InChI=1S/C12H15N3O3S/c1-8-3-5-10(6-4-8)14-15-19-7-11(12(17)18)13-9(2)16/h3-6,11H,7H2,1-2H3,(H,13,16)(H,17,18)/p-1/t11-/m1/s1. The fourth-order valence-electron chi connectivity index (χ4n) is 1.21. The number of rotatable bonds is 6. The zero-order chi connectivity index (χ0) is 14.3. The quantitative estimate of drug-likeness (QED) is 0.621. The molecular formula is C12H14N3O3S-. The molecule has 0 aliphatic heterocycles. The number of nitrogens with one attached hydrogen (secondary N) is 1. The summed E-state index contributed by atoms with van der Waals surface area (Å²) in [7, 11) is 0. The average Bonchev–Trinajstić information content (AvgIpc) is 2.34. The van der Waals surface area contributed by atoms with Crippen molar-refractivity contribution < 1.29 is 14.7 Å². The number of carboxylic acids is 1. The molecule has 0 saturated heterocycles. The zero-order valence-corrected chi connectivity index (χ0v) is 11.4. The lowest BCUT2D eigenvalue weighted by atomic mass is 10.2. The molecule has 0 aromatic heterocycles. The van der Waals surface area contributed by atoms with Crippen molar-refractivity contribution in [3.05, 3.63) is 29.8 Å². The van der Waals surface area contributed by atoms with Crippen LogP contribution in [0.25, 0.3) is 0 Å². The fourth-order valence-corrected chi connectivity index (χ4v) is 1.80. The van der Waals surface area contributed by atoms with Gasteiger partial charge in [0.1, 0.15) is 0 Å². The van der Waals surface area contributed by atoms with Gasteiger partial charge in [0.15, 0.2) is 0 Å². The molecule has 0 spiro atoms. The van der Waals surface area contributed by atoms with Crippen LogP contribution in [-0.2, 0) is 9.59 Å². The van der Waals surface area contributed by atoms with Crippen molar-refractivity contribution in [2.75, 3.05) is 5.75 Å². The van der Waals surface area contributed by atoms with E-state index in [1.165, 1.54) is 6.92 Å². The van der Waals surface area contributed by atoms with Gasteiger partial charge in [-0.2, -0.15) is 0 Å². The van der Waals surface area contributed by atoms with Gasteiger partial charge < -0.3 is 15.2 Å². The van der Waals surface area contributed by atoms with Crippen LogP contribution in [0.15, 0.2) is 33.9 Å². The monoisotopic (exact) mass is 280 g/mol. The summed E-state index contributed by atoms with van der Waals surface area (Å²) >= 11 is 0.953. The molecule has 0 radical (unpaired) electrons. The molecule has 0 heterocycles. The molecule has 0 unspecified atom stereocenters. The lowest BCUT2D eigenvalue weighted by Gasteiger charge is -2.16. The van der Waals surface area contributed by atoms with Crippen molar-refractivity contribution in [1.29, 1.82) is 0 Å². The molecule has 0 bridgehead atoms. The molecule has 19 heavy (non-hydrogen) atoms. The van der Waals surface area contributed by atoms with Crippen LogP contribution in [0.2, 0.25) is 0 Å². The number of benzene rings is 1. The molecule has 0 fully saturated rings. The number of hydrogen-bond donors (Lipinski definition) is 1. The first-order chi connectivity index (χ1) is 8.99. The Morgan fingerprint density at radius 3 is 2.53 bits per heavy atom. The van der Waals surface area contributed by atoms with E-state index in [9.17, 15) is 14.7 Å². The number of nitrogens with zero attached hydrogens (tertiary/aromatic N) is 2. The lowest BCUT2D eigenvalue weighted by molar-refractivity contribution is -0.307. The normalized spacial score (nSPS) is 12.3. The third-order valence-corrected chi connectivity index (χ3v) is 2.83. The fraction of sp³-hybridized carbons (Fsp3) is 0.333. The van der Waals surface area contributed by atoms with Crippen molar-refractivity contribution in [2.24, 2.45) is 9.63 Å². The van der Waals surface area contributed by atoms with Gasteiger partial charge in [-0.1, -0.05) is 17.7 Å². The van der Waals surface area contributed by atoms with Crippen LogP contribution in [0.3, 0.4) is 0 Å². The van der Waals surface area contributed by atoms with E-state index in [-0.39, 0.29) is 5.75 Å². The summed E-state index contributed by atoms with van der Waals surface area (Å²) in [4.78, 5) is 21.5. The van der Waals surface area contributed by atoms with E-state index in [2.05, 4.69) is 15.0 Å². The molecule has 1 rings (SSSR count). The molecule has 1 N–H and O–H groups in total. The second-order valence-electron chi connectivity index (χ2n) is 3.89. The molecule has 1 atom stereocenters. The maximum Gasteiger partial charge on any atom is 0.217 e. The van der Waals surface area contributed by atoms with Crippen LogP contribution in [0.5, 0.6) is 0 Å². The van der Waals surface area contributed by atoms with Crippen LogP contribution in [0.1, 0.15) is 12.5 Å². The van der Waals surface area contributed by atoms with Crippen LogP contribution in [0.4, 0.5) is 5.69 Å². The predicted octanol–water partition coefficient (Wildman–Crippen LogP) is 0.982. The van der Waals surface area contributed by atoms with Crippen molar-refractivity contribution in [3.8, 4) is 0 Å². The summed E-state index contributed by atoms with van der Waals surface area (Å²) in [5.41, 5.74) is 1.80. The van der Waals surface area contributed by atoms with Gasteiger partial charge in [-0.3, -0.25) is 4.79 Å². The third-order valence-electron chi connectivity index (χ3n) is 2.15. The number of hydrogen-bond acceptors (Lipinski definition) is 6. The van der Waals surface area contributed by atoms with Crippen molar-refractivity contribution in [3.63, 3.8) is 0 Å². The molecule has 7 heteroatoms. The highest BCUT2D eigenvalue weighted by Gasteiger charge is 2.10. The van der Waals surface area contributed by atoms with Gasteiger partial charge in [-0.15, -0.1) is 9.63 Å². The maximum atomic E-state index is 10.8. The number of aryl methyl sites for hydroxylation is 1. The molecule has 0 aliphatic rings. The van der Waals surface area contributed by atoms with Gasteiger partial charge in [0.2, 0.25) is 5.91 Å². The Bertz CT molecular complexity index is 474. The molecular weight excluding hydrogens is 266 g/mol. The second kappa shape index (κ2) is 7.52. The molecule has 6 nitrogen and oxygen atoms in total. The highest BCUT2D eigenvalue weighted by atomic mass is 32.2. The largest absolute Gasteiger partial charge is 0.548 e. The molecule has 1 aromatic carbocycles. The Kier molecular flexibility index (Phi) is 6.01. The molecule has 0 saturated carbocycles. The molecule has 0 aliphatic carbocycles. The Hall–Kier alpha value is -1.89. The average molecular weight is 280 g/mol. The first-order valence-electron chi connectivity index (χ1n) is 5.56. The lowest BCUT2D eigenvalue weighted by Crippen LogP contribution is -2.48. The Morgan fingerprint density at radius 2 is 2.00 bits per heavy atom. The van der Waals surface area contributed by atoms with Crippen molar-refractivity contribution >= 4 is 29.5 Å². The van der Waals surface area contributed by atoms with E-state index in [4.69, 9.17) is 0 Å². The SMILES string of the molecule is CC(=O)N[C@H](CSN=Nc1ccc(C)cc1)C(=O)[O-]. The van der Waals surface area contributed by atoms with E-state index in [1.807, 2.05) is 31.2 Å². The number of carboxylic acid groups (broad SMARTS) is 1. The first-order valence-corrected chi connectivity index (χ1v) is 6.51. The van der Waals surface area contributed by atoms with E-state index in [0.717, 1.165) is 17.5 Å². The molecule has 1 amide bonds. The summed E-state index contributed by atoms with van der Waals surface area (Å²) in [6.07, 6.45) is 0. The minimum atomic E-state index is -1.34.